The minimum Gasteiger partial charge on any atom is -0.481 e. The molecule has 3 aliphatic rings. The lowest BCUT2D eigenvalue weighted by Crippen LogP contribution is -2.37. The first-order chi connectivity index (χ1) is 59.4. The molecule has 11 N–H and O–H groups in total. The van der Waals surface area contributed by atoms with E-state index in [1.807, 2.05) is 53.4 Å². The van der Waals surface area contributed by atoms with Crippen LogP contribution in [0.5, 0.6) is 0 Å². The number of nitrogens with one attached hydrogen (secondary N) is 4. The fourth-order valence-corrected chi connectivity index (χ4v) is 14.2. The van der Waals surface area contributed by atoms with Crippen molar-refractivity contribution in [3.63, 3.8) is 0 Å². The fraction of sp³-hybridized carbons (Fsp3) is 0.489. The molecule has 0 amide bonds. The number of benzene rings is 2. The third-order valence-electron chi connectivity index (χ3n) is 20.2. The zero-order valence-corrected chi connectivity index (χ0v) is 72.5. The number of aryl methyl sites for hydroxylation is 6. The summed E-state index contributed by atoms with van der Waals surface area (Å²) in [6.07, 6.45) is 13.2. The smallest absolute Gasteiger partial charge is 0.481 e. The number of aromatic nitrogens is 6. The molecule has 2 aromatic carbocycles. The first kappa shape index (κ1) is 101. The van der Waals surface area contributed by atoms with Crippen molar-refractivity contribution in [3.8, 4) is 11.1 Å². The molecular formula is C88H116BBr2F7N14O11. The van der Waals surface area contributed by atoms with Gasteiger partial charge in [0.1, 0.15) is 55.2 Å². The Morgan fingerprint density at radius 2 is 0.902 bits per heavy atom. The Labute approximate surface area is 732 Å². The molecule has 123 heavy (non-hydrogen) atoms. The lowest BCUT2D eigenvalue weighted by atomic mass is 9.81. The molecule has 0 radical (unpaired) electrons. The van der Waals surface area contributed by atoms with Gasteiger partial charge in [-0.2, -0.15) is 4.39 Å². The number of hydrogen-bond acceptors (Lipinski definition) is 22. The Hall–Kier alpha value is -8.88. The molecule has 3 atom stereocenters. The number of hydrogen-bond donors (Lipinski definition) is 10. The number of aliphatic carboxylic acids is 3. The van der Waals surface area contributed by atoms with Crippen LogP contribution in [-0.2, 0) is 73.5 Å². The van der Waals surface area contributed by atoms with Crippen LogP contribution in [0.25, 0.3) is 11.1 Å². The van der Waals surface area contributed by atoms with E-state index in [0.29, 0.717) is 87.2 Å². The summed E-state index contributed by atoms with van der Waals surface area (Å²) in [6, 6.07) is 39.9. The normalized spacial score (nSPS) is 13.3. The van der Waals surface area contributed by atoms with Gasteiger partial charge in [-0.15, -0.1) is 0 Å². The highest BCUT2D eigenvalue weighted by atomic mass is 79.9. The molecule has 9 heterocycles. The van der Waals surface area contributed by atoms with Crippen LogP contribution >= 0.6 is 31.9 Å². The van der Waals surface area contributed by atoms with Crippen molar-refractivity contribution in [2.24, 2.45) is 11.7 Å². The molecule has 8 aromatic rings. The summed E-state index contributed by atoms with van der Waals surface area (Å²) in [5.41, 5.74) is 15.8. The van der Waals surface area contributed by atoms with E-state index in [9.17, 15) is 55.3 Å². The number of ether oxygens (including phenoxy) is 3. The minimum absolute atomic E-state index is 0.167. The van der Waals surface area contributed by atoms with E-state index in [4.69, 9.17) is 45.1 Å². The number of halogens is 9. The monoisotopic (exact) mass is 1850 g/mol. The van der Waals surface area contributed by atoms with Gasteiger partial charge in [-0.25, -0.2) is 56.1 Å². The average molecular weight is 1850 g/mol. The number of alkyl halides is 6. The molecule has 0 saturated heterocycles. The van der Waals surface area contributed by atoms with Crippen LogP contribution in [-0.4, -0.2) is 245 Å². The number of unbranched alkanes of at least 4 members (excludes halogenated alkanes) is 3. The van der Waals surface area contributed by atoms with Gasteiger partial charge in [0.05, 0.1) is 25.7 Å². The second kappa shape index (κ2) is 58.3. The van der Waals surface area contributed by atoms with Crippen molar-refractivity contribution in [1.29, 1.82) is 0 Å². The van der Waals surface area contributed by atoms with Gasteiger partial charge in [0, 0.05) is 115 Å². The van der Waals surface area contributed by atoms with E-state index >= 15 is 0 Å². The van der Waals surface area contributed by atoms with Gasteiger partial charge in [-0.05, 0) is 224 Å². The van der Waals surface area contributed by atoms with Gasteiger partial charge >= 0.3 is 25.0 Å². The van der Waals surface area contributed by atoms with E-state index in [2.05, 4.69) is 119 Å². The first-order valence-corrected chi connectivity index (χ1v) is 43.4. The fourth-order valence-electron chi connectivity index (χ4n) is 13.5. The quantitative estimate of drug-likeness (QED) is 0.00733. The predicted octanol–water partition coefficient (Wildman–Crippen LogP) is 13.7. The van der Waals surface area contributed by atoms with Crippen LogP contribution in [0.15, 0.2) is 161 Å². The highest BCUT2D eigenvalue weighted by molar-refractivity contribution is 9.10. The SMILES string of the molecule is Fc1cc(Br)ccn1.N[C@@H](CCN(CCCCc1ccc2c(n1)NCCC2)CCOCC(F)F)C(=O)O.O=C(O)[C@H](CCN(CCCCc1ccc2c(n1)NCCC2)CCOCC(F)F)Cc1cc(-c2ccccc2)ccn1.O=C(O)[C@H](CCN(CCCCc1ccc2c(n1)NCCC2)CCOCC(F)F)Nc1cc(Br)ccn1.OB(O)c1ccccc1. The van der Waals surface area contributed by atoms with Crippen LogP contribution in [0.1, 0.15) is 117 Å². The van der Waals surface area contributed by atoms with E-state index in [-0.39, 0.29) is 19.8 Å². The lowest BCUT2D eigenvalue weighted by molar-refractivity contribution is -0.142. The number of fused-ring (bicyclic) bond motifs is 3. The van der Waals surface area contributed by atoms with E-state index in [1.54, 1.807) is 54.9 Å². The number of pyridine rings is 6. The van der Waals surface area contributed by atoms with Crippen LogP contribution < -0.4 is 32.5 Å². The number of carboxylic acids is 3. The molecule has 0 aliphatic carbocycles. The third kappa shape index (κ3) is 42.1. The third-order valence-corrected chi connectivity index (χ3v) is 21.2. The Kier molecular flexibility index (Phi) is 48.0. The average Bonchev–Trinajstić information content (AvgIpc) is 0.859. The maximum Gasteiger partial charge on any atom is 0.488 e. The molecular weight excluding hydrogens is 1730 g/mol. The summed E-state index contributed by atoms with van der Waals surface area (Å²) < 4.78 is 103. The van der Waals surface area contributed by atoms with E-state index < -0.39 is 88.1 Å². The zero-order chi connectivity index (χ0) is 88.4. The highest BCUT2D eigenvalue weighted by Crippen LogP contribution is 2.26. The number of nitrogens with zero attached hydrogens (tertiary/aromatic N) is 9. The minimum atomic E-state index is -2.50. The van der Waals surface area contributed by atoms with Crippen LogP contribution in [0.3, 0.4) is 0 Å². The van der Waals surface area contributed by atoms with Crippen molar-refractivity contribution in [2.75, 3.05) is 139 Å². The molecule has 6 aromatic heterocycles. The van der Waals surface area contributed by atoms with Crippen LogP contribution in [0.4, 0.5) is 54.0 Å². The van der Waals surface area contributed by atoms with E-state index in [1.165, 1.54) is 29.0 Å². The zero-order valence-electron chi connectivity index (χ0n) is 69.3. The molecule has 0 spiro atoms. The summed E-state index contributed by atoms with van der Waals surface area (Å²) in [6.45, 7) is 6.72. The predicted molar refractivity (Wildman–Crippen MR) is 471 cm³/mol. The van der Waals surface area contributed by atoms with Gasteiger partial charge in [0.15, 0.2) is 0 Å². The summed E-state index contributed by atoms with van der Waals surface area (Å²) in [4.78, 5) is 67.2. The van der Waals surface area contributed by atoms with E-state index in [0.717, 1.165) is 185 Å². The maximum absolute atomic E-state index is 12.5. The largest absolute Gasteiger partial charge is 0.488 e. The highest BCUT2D eigenvalue weighted by Gasteiger charge is 2.24. The molecule has 11 rings (SSSR count). The Bertz CT molecular complexity index is 4320. The Morgan fingerprint density at radius 1 is 0.472 bits per heavy atom. The van der Waals surface area contributed by atoms with Crippen LogP contribution in [0, 0.1) is 11.9 Å². The molecule has 3 aliphatic heterocycles. The van der Waals surface area contributed by atoms with Gasteiger partial charge < -0.3 is 81.3 Å². The number of nitrogens with two attached hydrogens (primary N) is 1. The summed E-state index contributed by atoms with van der Waals surface area (Å²) in [5.74, 6) is -0.491. The molecule has 25 nitrogen and oxygen atoms in total. The van der Waals surface area contributed by atoms with Crippen molar-refractivity contribution in [3.05, 3.63) is 206 Å². The number of carbonyl (C=O) groups is 3. The molecule has 0 bridgehead atoms. The topological polar surface area (TPSA) is 341 Å². The maximum atomic E-state index is 12.5. The number of carboxylic acid groups (broad SMARTS) is 3. The second-order valence-corrected chi connectivity index (χ2v) is 31.6. The second-order valence-electron chi connectivity index (χ2n) is 29.7. The number of rotatable bonds is 48. The summed E-state index contributed by atoms with van der Waals surface area (Å²) >= 11 is 6.44. The summed E-state index contributed by atoms with van der Waals surface area (Å²) in [7, 11) is -1.34. The lowest BCUT2D eigenvalue weighted by Gasteiger charge is -2.24. The Morgan fingerprint density at radius 3 is 1.30 bits per heavy atom. The van der Waals surface area contributed by atoms with Crippen LogP contribution in [0.2, 0.25) is 0 Å². The molecule has 0 saturated carbocycles. The van der Waals surface area contributed by atoms with Crippen molar-refractivity contribution >= 4 is 85.6 Å². The molecule has 670 valence electrons. The van der Waals surface area contributed by atoms with Crippen molar-refractivity contribution in [1.82, 2.24) is 44.6 Å². The van der Waals surface area contributed by atoms with Gasteiger partial charge in [0.25, 0.3) is 19.3 Å². The molecule has 0 fully saturated rings. The molecule has 0 unspecified atom stereocenters. The molecule has 35 heteroatoms. The Balaban J connectivity index is 0.000000232. The summed E-state index contributed by atoms with van der Waals surface area (Å²) in [5, 5.41) is 58.8. The van der Waals surface area contributed by atoms with Crippen molar-refractivity contribution < 1.29 is 84.7 Å². The van der Waals surface area contributed by atoms with Crippen molar-refractivity contribution in [2.45, 2.75) is 153 Å². The van der Waals surface area contributed by atoms with Gasteiger partial charge in [-0.3, -0.25) is 14.6 Å². The van der Waals surface area contributed by atoms with Gasteiger partial charge in [-0.1, -0.05) is 111 Å². The number of anilines is 4. The van der Waals surface area contributed by atoms with Gasteiger partial charge in [0.2, 0.25) is 5.95 Å². The first-order valence-electron chi connectivity index (χ1n) is 41.9. The standard InChI is InChI=1S/C32H40F2N4O3.C25H34BrF2N5O3.C20H32F2N4O3.C6H7BO2.C5H3BrFN/c33-30(34)23-41-20-19-38(17-5-4-10-28-12-11-25-9-6-15-36-31(25)37-28)18-14-27(32(39)40)22-29-21-26(13-16-35-29)24-7-2-1-3-8-24;26-19-8-11-29-23(16-19)32-21(25(34)35)9-13-33(14-15-36-17-22(27)28)12-2-1-5-20-7-6-18-4-3-10-30-24(18)31-20;21-18(22)14-29-13-12-26(11-8-17(23)20(27)28)10-2-1-5-16-7-6-15-4-3-9-24-19(15)25-16;8-7(9)6-4-2-1-3-5-6;6-4-1-2-8-5(7)3-4/h1-3,7-8,11-13,16,21,27,30H,4-6,9-10,14-15,17-20,22-23H2,(H,36,37)(H,39,40);6-8,11,16,21-22H,1-5,9-10,12-15,17H2,(H,29,32)(H,30,31)(H,34,35);6-7,17-18H,1-5,8-14,23H2,(H,24,25)(H,27,28);1-5,8-9H;1-3H/t27-;21-;17-;;/m100../s1.